The number of aromatic nitrogens is 2. The molecule has 0 aromatic carbocycles. The number of aliphatic hydroxyl groups excluding tert-OH is 1. The van der Waals surface area contributed by atoms with Gasteiger partial charge in [0.2, 0.25) is 0 Å². The first-order chi connectivity index (χ1) is 6.77. The fourth-order valence-electron chi connectivity index (χ4n) is 1.05. The minimum Gasteiger partial charge on any atom is -0.381 e. The average Bonchev–Trinajstić information content (AvgIpc) is 2.62. The lowest BCUT2D eigenvalue weighted by Gasteiger charge is -1.92. The third-order valence-electron chi connectivity index (χ3n) is 1.64. The summed E-state index contributed by atoms with van der Waals surface area (Å²) in [5.41, 5.74) is 1.59. The van der Waals surface area contributed by atoms with Gasteiger partial charge in [-0.2, -0.15) is 0 Å². The first kappa shape index (κ1) is 9.13. The summed E-state index contributed by atoms with van der Waals surface area (Å²) in [5.74, 6) is 5.50. The van der Waals surface area contributed by atoms with Crippen LogP contribution in [0.4, 0.5) is 0 Å². The molecule has 1 N–H and O–H groups in total. The summed E-state index contributed by atoms with van der Waals surface area (Å²) in [5, 5.41) is 11.0. The van der Waals surface area contributed by atoms with E-state index < -0.39 is 6.10 Å². The van der Waals surface area contributed by atoms with E-state index in [1.807, 2.05) is 11.4 Å². The molecule has 0 bridgehead atoms. The van der Waals surface area contributed by atoms with Crippen LogP contribution in [0.3, 0.4) is 0 Å². The van der Waals surface area contributed by atoms with E-state index in [1.165, 1.54) is 6.33 Å². The van der Waals surface area contributed by atoms with Crippen LogP contribution in [0.25, 0.3) is 10.2 Å². The molecular formula is C10H8N2OS. The van der Waals surface area contributed by atoms with Gasteiger partial charge in [-0.15, -0.1) is 11.3 Å². The Labute approximate surface area is 85.4 Å². The maximum absolute atomic E-state index is 9.02. The van der Waals surface area contributed by atoms with Gasteiger partial charge in [0, 0.05) is 0 Å². The molecule has 14 heavy (non-hydrogen) atoms. The number of rotatable bonds is 0. The number of hydrogen-bond acceptors (Lipinski definition) is 4. The predicted molar refractivity (Wildman–Crippen MR) is 56.0 cm³/mol. The average molecular weight is 204 g/mol. The number of hydrogen-bond donors (Lipinski definition) is 1. The van der Waals surface area contributed by atoms with Crippen molar-refractivity contribution < 1.29 is 5.11 Å². The number of aliphatic hydroxyl groups is 1. The summed E-state index contributed by atoms with van der Waals surface area (Å²) < 4.78 is 0.973. The molecule has 2 aromatic rings. The van der Waals surface area contributed by atoms with Crippen molar-refractivity contribution in [1.82, 2.24) is 9.97 Å². The van der Waals surface area contributed by atoms with Crippen LogP contribution in [0.2, 0.25) is 0 Å². The Kier molecular flexibility index (Phi) is 2.44. The second-order valence-corrected chi connectivity index (χ2v) is 3.72. The summed E-state index contributed by atoms with van der Waals surface area (Å²) in [6.45, 7) is 1.62. The van der Waals surface area contributed by atoms with E-state index in [1.54, 1.807) is 18.3 Å². The van der Waals surface area contributed by atoms with Crippen LogP contribution >= 0.6 is 11.3 Å². The van der Waals surface area contributed by atoms with Gasteiger partial charge in [-0.1, -0.05) is 5.92 Å². The fraction of sp³-hybridized carbons (Fsp3) is 0.200. The van der Waals surface area contributed by atoms with Crippen molar-refractivity contribution >= 4 is 21.6 Å². The third-order valence-corrected chi connectivity index (χ3v) is 2.55. The lowest BCUT2D eigenvalue weighted by Crippen LogP contribution is -1.93. The van der Waals surface area contributed by atoms with Crippen molar-refractivity contribution in [1.29, 1.82) is 0 Å². The zero-order chi connectivity index (χ0) is 9.97. The van der Waals surface area contributed by atoms with Gasteiger partial charge in [-0.3, -0.25) is 0 Å². The van der Waals surface area contributed by atoms with Crippen LogP contribution in [0, 0.1) is 11.8 Å². The summed E-state index contributed by atoms with van der Waals surface area (Å²) in [4.78, 5) is 8.16. The summed E-state index contributed by atoms with van der Waals surface area (Å²) in [6.07, 6.45) is 0.862. The Bertz CT molecular complexity index is 507. The highest BCUT2D eigenvalue weighted by atomic mass is 32.1. The molecule has 0 unspecified atom stereocenters. The molecule has 0 saturated carbocycles. The van der Waals surface area contributed by atoms with Crippen LogP contribution in [-0.4, -0.2) is 21.2 Å². The molecule has 3 nitrogen and oxygen atoms in total. The van der Waals surface area contributed by atoms with Crippen molar-refractivity contribution in [3.8, 4) is 11.8 Å². The molecule has 0 aliphatic heterocycles. The minimum atomic E-state index is -0.625. The summed E-state index contributed by atoms with van der Waals surface area (Å²) >= 11 is 1.56. The van der Waals surface area contributed by atoms with E-state index in [2.05, 4.69) is 21.8 Å². The van der Waals surface area contributed by atoms with Crippen LogP contribution in [-0.2, 0) is 0 Å². The van der Waals surface area contributed by atoms with Crippen molar-refractivity contribution in [3.05, 3.63) is 23.5 Å². The van der Waals surface area contributed by atoms with Gasteiger partial charge in [-0.05, 0) is 24.3 Å². The van der Waals surface area contributed by atoms with Crippen molar-refractivity contribution in [2.24, 2.45) is 0 Å². The minimum absolute atomic E-state index is 0.625. The van der Waals surface area contributed by atoms with Crippen LogP contribution in [0.5, 0.6) is 0 Å². The third kappa shape index (κ3) is 1.74. The molecule has 2 aromatic heterocycles. The van der Waals surface area contributed by atoms with Gasteiger partial charge in [0.15, 0.2) is 0 Å². The quantitative estimate of drug-likeness (QED) is 0.660. The molecule has 0 spiro atoms. The molecule has 0 aliphatic carbocycles. The Morgan fingerprint density at radius 2 is 2.36 bits per heavy atom. The van der Waals surface area contributed by atoms with Gasteiger partial charge in [0.1, 0.15) is 18.1 Å². The number of nitrogens with zero attached hydrogens (tertiary/aromatic N) is 2. The standard InChI is InChI=1S/C10H8N2OS/c1-7(13)2-3-8-10-9(4-5-14-10)12-6-11-8/h4-7,13H,1H3/t7-/m1/s1. The van der Waals surface area contributed by atoms with Crippen LogP contribution < -0.4 is 0 Å². The van der Waals surface area contributed by atoms with Gasteiger partial charge < -0.3 is 5.11 Å². The monoisotopic (exact) mass is 204 g/mol. The molecule has 0 fully saturated rings. The van der Waals surface area contributed by atoms with Crippen molar-refractivity contribution in [2.45, 2.75) is 13.0 Å². The van der Waals surface area contributed by atoms with E-state index in [0.29, 0.717) is 5.69 Å². The van der Waals surface area contributed by atoms with Gasteiger partial charge in [0.25, 0.3) is 0 Å². The Morgan fingerprint density at radius 1 is 1.50 bits per heavy atom. The van der Waals surface area contributed by atoms with E-state index in [0.717, 1.165) is 10.2 Å². The number of fused-ring (bicyclic) bond motifs is 1. The SMILES string of the molecule is C[C@@H](O)C#Cc1ncnc2ccsc12. The molecule has 2 heterocycles. The second-order valence-electron chi connectivity index (χ2n) is 2.80. The molecule has 1 atom stereocenters. The van der Waals surface area contributed by atoms with E-state index in [4.69, 9.17) is 5.11 Å². The first-order valence-electron chi connectivity index (χ1n) is 4.15. The van der Waals surface area contributed by atoms with Gasteiger partial charge in [0.05, 0.1) is 10.2 Å². The lowest BCUT2D eigenvalue weighted by atomic mass is 10.3. The van der Waals surface area contributed by atoms with Crippen molar-refractivity contribution in [2.75, 3.05) is 0 Å². The molecule has 0 amide bonds. The molecule has 2 rings (SSSR count). The molecule has 0 radical (unpaired) electrons. The molecule has 4 heteroatoms. The Balaban J connectivity index is 2.53. The normalized spacial score (nSPS) is 12.1. The highest BCUT2D eigenvalue weighted by Crippen LogP contribution is 2.20. The van der Waals surface area contributed by atoms with E-state index >= 15 is 0 Å². The lowest BCUT2D eigenvalue weighted by molar-refractivity contribution is 0.253. The maximum atomic E-state index is 9.02. The van der Waals surface area contributed by atoms with Gasteiger partial charge in [-0.25, -0.2) is 9.97 Å². The second kappa shape index (κ2) is 3.74. The fourth-order valence-corrected chi connectivity index (χ4v) is 1.84. The highest BCUT2D eigenvalue weighted by Gasteiger charge is 2.01. The summed E-state index contributed by atoms with van der Waals surface area (Å²) in [6, 6.07) is 1.93. The Hall–Kier alpha value is -1.44. The van der Waals surface area contributed by atoms with E-state index in [9.17, 15) is 0 Å². The summed E-state index contributed by atoms with van der Waals surface area (Å²) in [7, 11) is 0. The molecular weight excluding hydrogens is 196 g/mol. The van der Waals surface area contributed by atoms with Gasteiger partial charge >= 0.3 is 0 Å². The maximum Gasteiger partial charge on any atom is 0.134 e. The zero-order valence-electron chi connectivity index (χ0n) is 7.56. The number of thiophene rings is 1. The zero-order valence-corrected chi connectivity index (χ0v) is 8.38. The van der Waals surface area contributed by atoms with Crippen molar-refractivity contribution in [3.63, 3.8) is 0 Å². The van der Waals surface area contributed by atoms with Crippen LogP contribution in [0.1, 0.15) is 12.6 Å². The predicted octanol–water partition coefficient (Wildman–Crippen LogP) is 1.42. The largest absolute Gasteiger partial charge is 0.381 e. The first-order valence-corrected chi connectivity index (χ1v) is 5.03. The van der Waals surface area contributed by atoms with E-state index in [-0.39, 0.29) is 0 Å². The smallest absolute Gasteiger partial charge is 0.134 e. The topological polar surface area (TPSA) is 46.0 Å². The molecule has 0 saturated heterocycles. The molecule has 0 aliphatic rings. The Morgan fingerprint density at radius 3 is 3.14 bits per heavy atom. The molecule has 70 valence electrons. The van der Waals surface area contributed by atoms with Crippen LogP contribution in [0.15, 0.2) is 17.8 Å². The highest BCUT2D eigenvalue weighted by molar-refractivity contribution is 7.17.